The van der Waals surface area contributed by atoms with Crippen molar-refractivity contribution < 1.29 is 9.21 Å². The molecule has 0 spiro atoms. The molecular formula is C30H28N4O2. The molecule has 1 aliphatic heterocycles. The number of carbonyl (C=O) groups is 1. The maximum absolute atomic E-state index is 13.4. The standard InChI is InChI=1S/C30H28N4O2/c1-21(2)27-17-25(22-9-5-3-6-10-22)26(18-31)29(32-27)33-14-15-34(30(35)24-13-16-36-20-24)28(19-33)23-11-7-4-8-12-23/h3-13,16-17,20-21,28H,14-15,19H2,1-2H3. The molecule has 6 nitrogen and oxygen atoms in total. The molecule has 1 fully saturated rings. The van der Waals surface area contributed by atoms with E-state index in [9.17, 15) is 10.1 Å². The van der Waals surface area contributed by atoms with Crippen molar-refractivity contribution in [1.29, 1.82) is 5.26 Å². The van der Waals surface area contributed by atoms with Crippen molar-refractivity contribution in [2.45, 2.75) is 25.8 Å². The molecule has 5 rings (SSSR count). The predicted octanol–water partition coefficient (Wildman–Crippen LogP) is 6.04. The van der Waals surface area contributed by atoms with Gasteiger partial charge in [-0.25, -0.2) is 4.98 Å². The van der Waals surface area contributed by atoms with Crippen molar-refractivity contribution in [2.24, 2.45) is 0 Å². The minimum absolute atomic E-state index is 0.0633. The van der Waals surface area contributed by atoms with Crippen LogP contribution in [0.5, 0.6) is 0 Å². The quantitative estimate of drug-likeness (QED) is 0.351. The second-order valence-corrected chi connectivity index (χ2v) is 9.31. The van der Waals surface area contributed by atoms with E-state index in [-0.39, 0.29) is 17.9 Å². The van der Waals surface area contributed by atoms with E-state index in [2.05, 4.69) is 24.8 Å². The summed E-state index contributed by atoms with van der Waals surface area (Å²) in [6.07, 6.45) is 3.01. The normalized spacial score (nSPS) is 15.7. The number of aromatic nitrogens is 1. The smallest absolute Gasteiger partial charge is 0.257 e. The minimum Gasteiger partial charge on any atom is -0.472 e. The lowest BCUT2D eigenvalue weighted by Gasteiger charge is -2.42. The third-order valence-electron chi connectivity index (χ3n) is 6.70. The largest absolute Gasteiger partial charge is 0.472 e. The Kier molecular flexibility index (Phi) is 6.55. The van der Waals surface area contributed by atoms with Gasteiger partial charge in [-0.1, -0.05) is 74.5 Å². The highest BCUT2D eigenvalue weighted by molar-refractivity contribution is 5.94. The molecule has 0 N–H and O–H groups in total. The van der Waals surface area contributed by atoms with E-state index in [1.165, 1.54) is 12.5 Å². The zero-order valence-corrected chi connectivity index (χ0v) is 20.5. The van der Waals surface area contributed by atoms with Gasteiger partial charge < -0.3 is 14.2 Å². The van der Waals surface area contributed by atoms with Crippen LogP contribution in [0, 0.1) is 11.3 Å². The number of anilines is 1. The topological polar surface area (TPSA) is 73.4 Å². The predicted molar refractivity (Wildman–Crippen MR) is 140 cm³/mol. The van der Waals surface area contributed by atoms with Crippen molar-refractivity contribution in [3.63, 3.8) is 0 Å². The molecule has 180 valence electrons. The lowest BCUT2D eigenvalue weighted by molar-refractivity contribution is 0.0653. The van der Waals surface area contributed by atoms with Crippen LogP contribution >= 0.6 is 0 Å². The number of pyridine rings is 1. The second kappa shape index (κ2) is 10.1. The lowest BCUT2D eigenvalue weighted by atomic mass is 9.96. The van der Waals surface area contributed by atoms with Crippen LogP contribution in [0.25, 0.3) is 11.1 Å². The Bertz CT molecular complexity index is 1380. The number of hydrogen-bond acceptors (Lipinski definition) is 5. The van der Waals surface area contributed by atoms with E-state index in [4.69, 9.17) is 9.40 Å². The first-order valence-corrected chi connectivity index (χ1v) is 12.2. The first-order valence-electron chi connectivity index (χ1n) is 12.2. The van der Waals surface area contributed by atoms with Crippen molar-refractivity contribution in [1.82, 2.24) is 9.88 Å². The van der Waals surface area contributed by atoms with E-state index in [1.54, 1.807) is 6.07 Å². The van der Waals surface area contributed by atoms with Crippen LogP contribution in [0.1, 0.15) is 53.0 Å². The first-order chi connectivity index (χ1) is 17.6. The van der Waals surface area contributed by atoms with Gasteiger partial charge in [0, 0.05) is 30.9 Å². The number of nitriles is 1. The van der Waals surface area contributed by atoms with E-state index in [0.717, 1.165) is 22.4 Å². The second-order valence-electron chi connectivity index (χ2n) is 9.31. The average molecular weight is 477 g/mol. The summed E-state index contributed by atoms with van der Waals surface area (Å²) >= 11 is 0. The van der Waals surface area contributed by atoms with Gasteiger partial charge >= 0.3 is 0 Å². The van der Waals surface area contributed by atoms with E-state index >= 15 is 0 Å². The molecule has 1 unspecified atom stereocenters. The molecule has 6 heteroatoms. The molecule has 0 saturated carbocycles. The minimum atomic E-state index is -0.196. The molecule has 1 atom stereocenters. The van der Waals surface area contributed by atoms with Gasteiger partial charge in [0.15, 0.2) is 0 Å². The average Bonchev–Trinajstić information content (AvgIpc) is 3.48. The Balaban J connectivity index is 1.58. The molecule has 4 aromatic rings. The molecule has 2 aromatic carbocycles. The summed E-state index contributed by atoms with van der Waals surface area (Å²) in [6.45, 7) is 5.83. The van der Waals surface area contributed by atoms with Crippen LogP contribution in [-0.2, 0) is 0 Å². The third-order valence-corrected chi connectivity index (χ3v) is 6.70. The number of benzene rings is 2. The zero-order valence-electron chi connectivity index (χ0n) is 20.5. The number of hydrogen-bond donors (Lipinski definition) is 0. The number of piperazine rings is 1. The van der Waals surface area contributed by atoms with Crippen molar-refractivity contribution in [3.8, 4) is 17.2 Å². The van der Waals surface area contributed by atoms with Gasteiger partial charge in [-0.2, -0.15) is 5.26 Å². The highest BCUT2D eigenvalue weighted by atomic mass is 16.3. The number of carbonyl (C=O) groups excluding carboxylic acids is 1. The van der Waals surface area contributed by atoms with Gasteiger partial charge in [0.1, 0.15) is 23.7 Å². The SMILES string of the molecule is CC(C)c1cc(-c2ccccc2)c(C#N)c(N2CCN(C(=O)c3ccoc3)C(c3ccccc3)C2)n1. The first kappa shape index (κ1) is 23.4. The molecule has 3 heterocycles. The van der Waals surface area contributed by atoms with Crippen LogP contribution < -0.4 is 4.90 Å². The highest BCUT2D eigenvalue weighted by Crippen LogP contribution is 2.36. The summed E-state index contributed by atoms with van der Waals surface area (Å²) in [6, 6.07) is 26.0. The van der Waals surface area contributed by atoms with Crippen LogP contribution in [0.2, 0.25) is 0 Å². The maximum atomic E-state index is 13.4. The van der Waals surface area contributed by atoms with Crippen molar-refractivity contribution >= 4 is 11.7 Å². The van der Waals surface area contributed by atoms with E-state index < -0.39 is 0 Å². The monoisotopic (exact) mass is 476 g/mol. The molecule has 1 amide bonds. The van der Waals surface area contributed by atoms with Crippen molar-refractivity contribution in [3.05, 3.63) is 108 Å². The number of rotatable bonds is 5. The van der Waals surface area contributed by atoms with E-state index in [0.29, 0.717) is 36.6 Å². The van der Waals surface area contributed by atoms with Gasteiger partial charge in [0.2, 0.25) is 0 Å². The summed E-state index contributed by atoms with van der Waals surface area (Å²) in [4.78, 5) is 22.4. The fraction of sp³-hybridized carbons (Fsp3) is 0.233. The summed E-state index contributed by atoms with van der Waals surface area (Å²) < 4.78 is 5.17. The Morgan fingerprint density at radius 3 is 2.42 bits per heavy atom. The third kappa shape index (κ3) is 4.48. The Morgan fingerprint density at radius 1 is 1.06 bits per heavy atom. The Hall–Kier alpha value is -4.37. The highest BCUT2D eigenvalue weighted by Gasteiger charge is 2.34. The molecular weight excluding hydrogens is 448 g/mol. The number of nitrogens with zero attached hydrogens (tertiary/aromatic N) is 4. The summed E-state index contributed by atoms with van der Waals surface area (Å²) in [7, 11) is 0. The molecule has 0 bridgehead atoms. The lowest BCUT2D eigenvalue weighted by Crippen LogP contribution is -2.51. The molecule has 1 saturated heterocycles. The van der Waals surface area contributed by atoms with Crippen LogP contribution in [-0.4, -0.2) is 35.4 Å². The van der Waals surface area contributed by atoms with Crippen LogP contribution in [0.3, 0.4) is 0 Å². The summed E-state index contributed by atoms with van der Waals surface area (Å²) in [5.41, 5.74) is 4.96. The van der Waals surface area contributed by atoms with Crippen LogP contribution in [0.15, 0.2) is 89.7 Å². The molecule has 0 radical (unpaired) electrons. The van der Waals surface area contributed by atoms with E-state index in [1.807, 2.05) is 71.6 Å². The van der Waals surface area contributed by atoms with Crippen LogP contribution in [0.4, 0.5) is 5.82 Å². The molecule has 0 aliphatic carbocycles. The summed E-state index contributed by atoms with van der Waals surface area (Å²) in [5.74, 6) is 0.818. The fourth-order valence-electron chi connectivity index (χ4n) is 4.76. The zero-order chi connectivity index (χ0) is 25.1. The molecule has 36 heavy (non-hydrogen) atoms. The number of amides is 1. The Morgan fingerprint density at radius 2 is 1.78 bits per heavy atom. The van der Waals surface area contributed by atoms with Gasteiger partial charge in [-0.15, -0.1) is 0 Å². The maximum Gasteiger partial charge on any atom is 0.257 e. The number of furan rings is 1. The molecule has 2 aromatic heterocycles. The molecule has 1 aliphatic rings. The summed E-state index contributed by atoms with van der Waals surface area (Å²) in [5, 5.41) is 10.3. The fourth-order valence-corrected chi connectivity index (χ4v) is 4.76. The van der Waals surface area contributed by atoms with Crippen molar-refractivity contribution in [2.75, 3.05) is 24.5 Å². The van der Waals surface area contributed by atoms with Gasteiger partial charge in [0.05, 0.1) is 17.9 Å². The van der Waals surface area contributed by atoms with Gasteiger partial charge in [0.25, 0.3) is 5.91 Å². The Labute approximate surface area is 211 Å². The van der Waals surface area contributed by atoms with Gasteiger partial charge in [-0.3, -0.25) is 4.79 Å². The van der Waals surface area contributed by atoms with Gasteiger partial charge in [-0.05, 0) is 29.2 Å².